The Kier molecular flexibility index (Phi) is 1.98. The molecular weight excluding hydrogens is 157 g/mol. The van der Waals surface area contributed by atoms with Gasteiger partial charge in [0, 0.05) is 6.20 Å². The number of anilines is 1. The molecular formula is C6H5F3N2. The molecule has 0 saturated carbocycles. The van der Waals surface area contributed by atoms with Gasteiger partial charge in [0.15, 0.2) is 11.6 Å². The highest BCUT2D eigenvalue weighted by atomic mass is 19.3. The molecule has 0 unspecified atom stereocenters. The Bertz CT molecular complexity index is 262. The second kappa shape index (κ2) is 2.77. The van der Waals surface area contributed by atoms with Gasteiger partial charge in [-0.2, -0.15) is 0 Å². The molecule has 60 valence electrons. The van der Waals surface area contributed by atoms with E-state index in [1.54, 1.807) is 0 Å². The molecule has 11 heavy (non-hydrogen) atoms. The lowest BCUT2D eigenvalue weighted by molar-refractivity contribution is 0.146. The van der Waals surface area contributed by atoms with Crippen molar-refractivity contribution in [3.63, 3.8) is 0 Å². The maximum atomic E-state index is 12.6. The Balaban J connectivity index is 3.17. The highest BCUT2D eigenvalue weighted by molar-refractivity contribution is 5.34. The summed E-state index contributed by atoms with van der Waals surface area (Å²) >= 11 is 0. The summed E-state index contributed by atoms with van der Waals surface area (Å²) in [5, 5.41) is 0. The van der Waals surface area contributed by atoms with Gasteiger partial charge >= 0.3 is 0 Å². The first-order valence-electron chi connectivity index (χ1n) is 2.81. The Labute approximate surface area is 60.9 Å². The zero-order valence-corrected chi connectivity index (χ0v) is 5.39. The number of rotatable bonds is 1. The maximum absolute atomic E-state index is 12.6. The molecule has 0 amide bonds. The predicted octanol–water partition coefficient (Wildman–Crippen LogP) is 1.74. The van der Waals surface area contributed by atoms with Gasteiger partial charge in [-0.05, 0) is 6.07 Å². The SMILES string of the molecule is Nc1nccc(C(F)F)c1F. The van der Waals surface area contributed by atoms with Crippen LogP contribution in [0.5, 0.6) is 0 Å². The van der Waals surface area contributed by atoms with Gasteiger partial charge in [-0.3, -0.25) is 0 Å². The third kappa shape index (κ3) is 1.42. The van der Waals surface area contributed by atoms with Gasteiger partial charge in [-0.15, -0.1) is 0 Å². The molecule has 0 aliphatic rings. The molecule has 1 heterocycles. The third-order valence-corrected chi connectivity index (χ3v) is 1.18. The Morgan fingerprint density at radius 1 is 1.45 bits per heavy atom. The Morgan fingerprint density at radius 3 is 2.55 bits per heavy atom. The average Bonchev–Trinajstić information content (AvgIpc) is 1.94. The summed E-state index contributed by atoms with van der Waals surface area (Å²) in [6.45, 7) is 0. The zero-order chi connectivity index (χ0) is 8.43. The number of nitrogen functional groups attached to an aromatic ring is 1. The number of nitrogens with two attached hydrogens (primary N) is 1. The van der Waals surface area contributed by atoms with Crippen molar-refractivity contribution < 1.29 is 13.2 Å². The minimum absolute atomic E-state index is 0.497. The van der Waals surface area contributed by atoms with Crippen molar-refractivity contribution in [2.24, 2.45) is 0 Å². The first-order chi connectivity index (χ1) is 5.13. The van der Waals surface area contributed by atoms with Crippen LogP contribution < -0.4 is 5.73 Å². The molecule has 1 rings (SSSR count). The van der Waals surface area contributed by atoms with E-state index in [-0.39, 0.29) is 0 Å². The van der Waals surface area contributed by atoms with Crippen LogP contribution in [-0.2, 0) is 0 Å². The van der Waals surface area contributed by atoms with Crippen molar-refractivity contribution >= 4 is 5.82 Å². The molecule has 0 bridgehead atoms. The summed E-state index contributed by atoms with van der Waals surface area (Å²) in [7, 11) is 0. The van der Waals surface area contributed by atoms with Gasteiger partial charge in [-0.25, -0.2) is 18.2 Å². The molecule has 5 heteroatoms. The summed E-state index contributed by atoms with van der Waals surface area (Å²) < 4.78 is 36.4. The summed E-state index contributed by atoms with van der Waals surface area (Å²) in [5.41, 5.74) is 4.23. The van der Waals surface area contributed by atoms with E-state index in [0.717, 1.165) is 12.3 Å². The number of alkyl halides is 2. The second-order valence-electron chi connectivity index (χ2n) is 1.90. The second-order valence-corrected chi connectivity index (χ2v) is 1.90. The smallest absolute Gasteiger partial charge is 0.266 e. The predicted molar refractivity (Wildman–Crippen MR) is 33.6 cm³/mol. The van der Waals surface area contributed by atoms with Crippen LogP contribution in [0.15, 0.2) is 12.3 Å². The maximum Gasteiger partial charge on any atom is 0.266 e. The first-order valence-corrected chi connectivity index (χ1v) is 2.81. The van der Waals surface area contributed by atoms with E-state index >= 15 is 0 Å². The minimum Gasteiger partial charge on any atom is -0.381 e. The van der Waals surface area contributed by atoms with Gasteiger partial charge in [0.05, 0.1) is 5.56 Å². The Hall–Kier alpha value is -1.26. The summed E-state index contributed by atoms with van der Waals surface area (Å²) in [6, 6.07) is 0.899. The van der Waals surface area contributed by atoms with Crippen LogP contribution in [0.3, 0.4) is 0 Å². The van der Waals surface area contributed by atoms with Gasteiger partial charge in [0.1, 0.15) is 0 Å². The quantitative estimate of drug-likeness (QED) is 0.683. The average molecular weight is 162 g/mol. The normalized spacial score (nSPS) is 10.5. The minimum atomic E-state index is -2.85. The summed E-state index contributed by atoms with van der Waals surface area (Å²) in [6.07, 6.45) is -1.81. The third-order valence-electron chi connectivity index (χ3n) is 1.18. The van der Waals surface area contributed by atoms with Crippen molar-refractivity contribution in [1.82, 2.24) is 4.98 Å². The van der Waals surface area contributed by atoms with Gasteiger partial charge in [0.25, 0.3) is 6.43 Å². The fourth-order valence-electron chi connectivity index (χ4n) is 0.644. The molecule has 0 fully saturated rings. The summed E-state index contributed by atoms with van der Waals surface area (Å²) in [5.74, 6) is -1.63. The molecule has 0 spiro atoms. The topological polar surface area (TPSA) is 38.9 Å². The highest BCUT2D eigenvalue weighted by Crippen LogP contribution is 2.23. The first kappa shape index (κ1) is 7.84. The standard InChI is InChI=1S/C6H5F3N2/c7-4-3(5(8)9)1-2-11-6(4)10/h1-2,5H,(H2,10,11). The van der Waals surface area contributed by atoms with E-state index in [0.29, 0.717) is 0 Å². The number of hydrogen-bond acceptors (Lipinski definition) is 2. The van der Waals surface area contributed by atoms with Crippen LogP contribution in [0.1, 0.15) is 12.0 Å². The molecule has 0 aliphatic carbocycles. The van der Waals surface area contributed by atoms with Gasteiger partial charge in [-0.1, -0.05) is 0 Å². The van der Waals surface area contributed by atoms with E-state index in [4.69, 9.17) is 5.73 Å². The van der Waals surface area contributed by atoms with Crippen LogP contribution in [0.25, 0.3) is 0 Å². The van der Waals surface area contributed by atoms with Crippen LogP contribution in [0.4, 0.5) is 19.0 Å². The van der Waals surface area contributed by atoms with E-state index < -0.39 is 23.6 Å². The molecule has 0 aromatic carbocycles. The fraction of sp³-hybridized carbons (Fsp3) is 0.167. The number of pyridine rings is 1. The number of nitrogens with zero attached hydrogens (tertiary/aromatic N) is 1. The number of halogens is 3. The van der Waals surface area contributed by atoms with Gasteiger partial charge < -0.3 is 5.73 Å². The lowest BCUT2D eigenvalue weighted by Gasteiger charge is -2.01. The monoisotopic (exact) mass is 162 g/mol. The van der Waals surface area contributed by atoms with E-state index in [1.807, 2.05) is 0 Å². The van der Waals surface area contributed by atoms with Crippen LogP contribution in [-0.4, -0.2) is 4.98 Å². The van der Waals surface area contributed by atoms with Crippen LogP contribution in [0, 0.1) is 5.82 Å². The van der Waals surface area contributed by atoms with Crippen molar-refractivity contribution in [1.29, 1.82) is 0 Å². The fourth-order valence-corrected chi connectivity index (χ4v) is 0.644. The van der Waals surface area contributed by atoms with E-state index in [2.05, 4.69) is 4.98 Å². The van der Waals surface area contributed by atoms with Crippen molar-refractivity contribution in [2.45, 2.75) is 6.43 Å². The van der Waals surface area contributed by atoms with E-state index in [9.17, 15) is 13.2 Å². The molecule has 0 radical (unpaired) electrons. The zero-order valence-electron chi connectivity index (χ0n) is 5.39. The molecule has 1 aromatic rings. The molecule has 0 atom stereocenters. The number of hydrogen-bond donors (Lipinski definition) is 1. The number of aromatic nitrogens is 1. The molecule has 2 N–H and O–H groups in total. The van der Waals surface area contributed by atoms with Crippen molar-refractivity contribution in [3.8, 4) is 0 Å². The summed E-state index contributed by atoms with van der Waals surface area (Å²) in [4.78, 5) is 3.29. The van der Waals surface area contributed by atoms with Gasteiger partial charge in [0.2, 0.25) is 0 Å². The van der Waals surface area contributed by atoms with Crippen molar-refractivity contribution in [2.75, 3.05) is 5.73 Å². The lowest BCUT2D eigenvalue weighted by atomic mass is 10.2. The molecule has 2 nitrogen and oxygen atoms in total. The van der Waals surface area contributed by atoms with E-state index in [1.165, 1.54) is 0 Å². The molecule has 1 aromatic heterocycles. The van der Waals surface area contributed by atoms with Crippen LogP contribution >= 0.6 is 0 Å². The lowest BCUT2D eigenvalue weighted by Crippen LogP contribution is -1.99. The highest BCUT2D eigenvalue weighted by Gasteiger charge is 2.14. The largest absolute Gasteiger partial charge is 0.381 e. The molecule has 0 aliphatic heterocycles. The van der Waals surface area contributed by atoms with Crippen molar-refractivity contribution in [3.05, 3.63) is 23.6 Å². The Morgan fingerprint density at radius 2 is 2.09 bits per heavy atom. The van der Waals surface area contributed by atoms with Crippen LogP contribution in [0.2, 0.25) is 0 Å². The molecule has 0 saturated heterocycles.